The second-order valence-electron chi connectivity index (χ2n) is 5.73. The van der Waals surface area contributed by atoms with Crippen molar-refractivity contribution in [2.45, 2.75) is 12.8 Å². The molecule has 0 saturated heterocycles. The summed E-state index contributed by atoms with van der Waals surface area (Å²) in [5, 5.41) is 9.42. The molecule has 3 aliphatic carbocycles. The maximum Gasteiger partial charge on any atom is 0.307 e. The van der Waals surface area contributed by atoms with E-state index in [4.69, 9.17) is 4.42 Å². The molecule has 7 nitrogen and oxygen atoms in total. The lowest BCUT2D eigenvalue weighted by Crippen LogP contribution is -2.53. The number of carbonyl (C=O) groups is 3. The average Bonchev–Trinajstić information content (AvgIpc) is 2.99. The number of carboxylic acid groups (broad SMARTS) is 1. The summed E-state index contributed by atoms with van der Waals surface area (Å²) in [6, 6.07) is 3.01. The zero-order valence-electron chi connectivity index (χ0n) is 12.0. The van der Waals surface area contributed by atoms with Crippen LogP contribution in [0.1, 0.15) is 23.4 Å². The lowest BCUT2D eigenvalue weighted by molar-refractivity contribution is -0.153. The van der Waals surface area contributed by atoms with Crippen molar-refractivity contribution in [2.24, 2.45) is 23.7 Å². The van der Waals surface area contributed by atoms with Crippen molar-refractivity contribution in [1.82, 2.24) is 10.9 Å². The zero-order valence-corrected chi connectivity index (χ0v) is 13.6. The van der Waals surface area contributed by atoms with Gasteiger partial charge in [0.25, 0.3) is 0 Å². The van der Waals surface area contributed by atoms with Crippen molar-refractivity contribution in [1.29, 1.82) is 0 Å². The molecule has 3 N–H and O–H groups in total. The van der Waals surface area contributed by atoms with Crippen molar-refractivity contribution in [3.8, 4) is 0 Å². The maximum absolute atomic E-state index is 12.4. The summed E-state index contributed by atoms with van der Waals surface area (Å²) < 4.78 is 5.48. The van der Waals surface area contributed by atoms with Crippen molar-refractivity contribution >= 4 is 33.7 Å². The van der Waals surface area contributed by atoms with Gasteiger partial charge in [-0.1, -0.05) is 12.2 Å². The first-order chi connectivity index (χ1) is 11.0. The third kappa shape index (κ3) is 3.03. The van der Waals surface area contributed by atoms with Gasteiger partial charge in [-0.05, 0) is 52.7 Å². The van der Waals surface area contributed by atoms with E-state index in [2.05, 4.69) is 26.8 Å². The van der Waals surface area contributed by atoms with Crippen LogP contribution in [0.5, 0.6) is 0 Å². The topological polar surface area (TPSA) is 109 Å². The number of rotatable bonds is 3. The number of allylic oxidation sites excluding steroid dienone is 2. The van der Waals surface area contributed by atoms with Crippen LogP contribution < -0.4 is 10.9 Å². The summed E-state index contributed by atoms with van der Waals surface area (Å²) in [5.41, 5.74) is 4.58. The Balaban J connectivity index is 1.66. The fourth-order valence-electron chi connectivity index (χ4n) is 3.39. The molecule has 4 rings (SSSR count). The molecule has 2 bridgehead atoms. The Morgan fingerprint density at radius 1 is 1.09 bits per heavy atom. The molecule has 0 spiro atoms. The molecule has 23 heavy (non-hydrogen) atoms. The van der Waals surface area contributed by atoms with Gasteiger partial charge in [-0.15, -0.1) is 0 Å². The van der Waals surface area contributed by atoms with Crippen LogP contribution in [0.4, 0.5) is 0 Å². The molecular formula is C15H15BrN2O5. The lowest BCUT2D eigenvalue weighted by atomic mass is 9.62. The number of halogens is 1. The van der Waals surface area contributed by atoms with Gasteiger partial charge in [0.15, 0.2) is 10.4 Å². The van der Waals surface area contributed by atoms with Crippen molar-refractivity contribution in [3.63, 3.8) is 0 Å². The third-order valence-corrected chi connectivity index (χ3v) is 4.86. The number of hydrazine groups is 1. The Hall–Kier alpha value is -2.09. The molecule has 0 aliphatic heterocycles. The van der Waals surface area contributed by atoms with E-state index < -0.39 is 29.6 Å². The first-order valence-electron chi connectivity index (χ1n) is 7.24. The van der Waals surface area contributed by atoms with Crippen LogP contribution in [-0.2, 0) is 9.59 Å². The number of aliphatic carboxylic acids is 1. The van der Waals surface area contributed by atoms with Crippen molar-refractivity contribution in [2.75, 3.05) is 0 Å². The predicted molar refractivity (Wildman–Crippen MR) is 82.0 cm³/mol. The monoisotopic (exact) mass is 382 g/mol. The first kappa shape index (κ1) is 15.8. The van der Waals surface area contributed by atoms with E-state index in [0.29, 0.717) is 4.67 Å². The van der Waals surface area contributed by atoms with Crippen molar-refractivity contribution < 1.29 is 23.9 Å². The number of nitrogens with one attached hydrogen (secondary N) is 2. The Bertz CT molecular complexity index is 683. The van der Waals surface area contributed by atoms with Crippen LogP contribution in [0.2, 0.25) is 0 Å². The molecule has 1 aromatic rings. The largest absolute Gasteiger partial charge is 0.481 e. The minimum Gasteiger partial charge on any atom is -0.481 e. The zero-order chi connectivity index (χ0) is 16.6. The highest BCUT2D eigenvalue weighted by molar-refractivity contribution is 9.10. The number of fused-ring (bicyclic) bond motifs is 2. The summed E-state index contributed by atoms with van der Waals surface area (Å²) in [4.78, 5) is 35.7. The number of carbonyl (C=O) groups excluding carboxylic acids is 2. The first-order valence-corrected chi connectivity index (χ1v) is 8.03. The third-order valence-electron chi connectivity index (χ3n) is 4.43. The van der Waals surface area contributed by atoms with Gasteiger partial charge in [-0.2, -0.15) is 0 Å². The summed E-state index contributed by atoms with van der Waals surface area (Å²) >= 11 is 3.08. The van der Waals surface area contributed by atoms with Crippen LogP contribution in [0, 0.1) is 23.7 Å². The molecule has 1 saturated carbocycles. The van der Waals surface area contributed by atoms with E-state index in [1.807, 2.05) is 12.2 Å². The Kier molecular flexibility index (Phi) is 4.25. The van der Waals surface area contributed by atoms with Crippen LogP contribution in [-0.4, -0.2) is 22.9 Å². The van der Waals surface area contributed by atoms with E-state index in [0.717, 1.165) is 12.8 Å². The molecule has 1 heterocycles. The van der Waals surface area contributed by atoms with E-state index in [1.165, 1.54) is 6.07 Å². The van der Waals surface area contributed by atoms with E-state index in [-0.39, 0.29) is 17.6 Å². The molecule has 1 aromatic heterocycles. The minimum atomic E-state index is -0.981. The van der Waals surface area contributed by atoms with Gasteiger partial charge in [-0.3, -0.25) is 25.2 Å². The summed E-state index contributed by atoms with van der Waals surface area (Å²) in [6.07, 6.45) is 5.34. The fourth-order valence-corrected chi connectivity index (χ4v) is 3.69. The number of hydrogen-bond acceptors (Lipinski definition) is 4. The molecule has 4 atom stereocenters. The minimum absolute atomic E-state index is 0.0389. The molecule has 8 heteroatoms. The second kappa shape index (κ2) is 6.19. The molecule has 3 aliphatic rings. The molecule has 122 valence electrons. The second-order valence-corrected chi connectivity index (χ2v) is 6.51. The molecule has 2 amide bonds. The van der Waals surface area contributed by atoms with Crippen LogP contribution in [0.15, 0.2) is 33.4 Å². The fraction of sp³-hybridized carbons (Fsp3) is 0.400. The number of amides is 2. The molecule has 0 radical (unpaired) electrons. The highest BCUT2D eigenvalue weighted by Crippen LogP contribution is 2.44. The van der Waals surface area contributed by atoms with Crippen LogP contribution in [0.3, 0.4) is 0 Å². The smallest absolute Gasteiger partial charge is 0.307 e. The molecule has 1 fully saturated rings. The van der Waals surface area contributed by atoms with Gasteiger partial charge < -0.3 is 9.52 Å². The summed E-state index contributed by atoms with van der Waals surface area (Å²) in [6.45, 7) is 0. The number of hydrogen-bond donors (Lipinski definition) is 3. The van der Waals surface area contributed by atoms with Gasteiger partial charge in [-0.25, -0.2) is 0 Å². The van der Waals surface area contributed by atoms with Gasteiger partial charge >= 0.3 is 11.9 Å². The number of furan rings is 1. The Morgan fingerprint density at radius 3 is 2.26 bits per heavy atom. The maximum atomic E-state index is 12.4. The molecule has 0 unspecified atom stereocenters. The normalized spacial score (nSPS) is 28.4. The van der Waals surface area contributed by atoms with Gasteiger partial charge in [0.05, 0.1) is 11.8 Å². The van der Waals surface area contributed by atoms with E-state index in [1.54, 1.807) is 6.07 Å². The van der Waals surface area contributed by atoms with Gasteiger partial charge in [0.1, 0.15) is 0 Å². The predicted octanol–water partition coefficient (Wildman–Crippen LogP) is 1.72. The van der Waals surface area contributed by atoms with E-state index in [9.17, 15) is 19.5 Å². The quantitative estimate of drug-likeness (QED) is 0.544. The van der Waals surface area contributed by atoms with Crippen LogP contribution >= 0.6 is 15.9 Å². The average molecular weight is 383 g/mol. The summed E-state index contributed by atoms with van der Waals surface area (Å²) in [7, 11) is 0. The standard InChI is InChI=1S/C15H15BrN2O5/c16-10-6-5-9(23-10)13(19)17-18-14(20)11-7-1-3-8(4-2-7)12(11)15(21)22/h1,3,5-8,11-12H,2,4H2,(H,17,19)(H,18,20)(H,21,22)/t7-,8-,11-,12-/m0/s1. The SMILES string of the molecule is O=C(NNC(=O)[C@@H]1[C@@H](C(=O)O)[C@H]2C=C[C@H]1CC2)c1ccc(Br)o1. The molecule has 0 aromatic carbocycles. The Labute approximate surface area is 140 Å². The van der Waals surface area contributed by atoms with E-state index >= 15 is 0 Å². The van der Waals surface area contributed by atoms with Crippen LogP contribution in [0.25, 0.3) is 0 Å². The number of carboxylic acids is 1. The Morgan fingerprint density at radius 2 is 1.74 bits per heavy atom. The van der Waals surface area contributed by atoms with Crippen molar-refractivity contribution in [3.05, 3.63) is 34.7 Å². The lowest BCUT2D eigenvalue weighted by Gasteiger charge is -2.41. The van der Waals surface area contributed by atoms with Gasteiger partial charge in [0.2, 0.25) is 5.91 Å². The summed E-state index contributed by atoms with van der Waals surface area (Å²) in [5.74, 6) is -3.72. The van der Waals surface area contributed by atoms with Gasteiger partial charge in [0, 0.05) is 0 Å². The molecular weight excluding hydrogens is 368 g/mol. The highest BCUT2D eigenvalue weighted by Gasteiger charge is 2.48. The highest BCUT2D eigenvalue weighted by atomic mass is 79.9.